The van der Waals surface area contributed by atoms with Crippen LogP contribution in [0, 0.1) is 5.92 Å². The number of hydrogen-bond donors (Lipinski definition) is 0. The van der Waals surface area contributed by atoms with E-state index in [-0.39, 0.29) is 11.5 Å². The lowest BCUT2D eigenvalue weighted by atomic mass is 9.83. The summed E-state index contributed by atoms with van der Waals surface area (Å²) in [5, 5.41) is 0. The van der Waals surface area contributed by atoms with Gasteiger partial charge in [-0.3, -0.25) is 14.5 Å². The molecule has 1 aromatic heterocycles. The van der Waals surface area contributed by atoms with Crippen molar-refractivity contribution >= 4 is 34.2 Å². The van der Waals surface area contributed by atoms with Gasteiger partial charge in [-0.1, -0.05) is 42.9 Å². The number of thiocarbonyl (C=S) groups is 1. The van der Waals surface area contributed by atoms with Crippen molar-refractivity contribution in [2.24, 2.45) is 5.92 Å². The van der Waals surface area contributed by atoms with Crippen molar-refractivity contribution in [3.63, 3.8) is 0 Å². The number of aromatic nitrogens is 1. The molecule has 2 unspecified atom stereocenters. The third kappa shape index (κ3) is 3.05. The van der Waals surface area contributed by atoms with Crippen molar-refractivity contribution < 1.29 is 4.79 Å². The van der Waals surface area contributed by atoms with Crippen molar-refractivity contribution in [3.8, 4) is 0 Å². The third-order valence-electron chi connectivity index (χ3n) is 6.32. The molecule has 5 nitrogen and oxygen atoms in total. The van der Waals surface area contributed by atoms with Crippen LogP contribution >= 0.6 is 24.0 Å². The SMILES string of the molecule is O=C1/C(=C\N2CC3CC(C2)c2cccc(=O)n2C3)SC(=S)N1C1CCCC1. The molecule has 2 bridgehead atoms. The molecule has 1 amide bonds. The van der Waals surface area contributed by atoms with Crippen LogP contribution in [0.3, 0.4) is 0 Å². The number of likely N-dealkylation sites (tertiary alicyclic amines) is 1. The van der Waals surface area contributed by atoms with E-state index in [1.54, 1.807) is 6.07 Å². The molecule has 1 saturated carbocycles. The summed E-state index contributed by atoms with van der Waals surface area (Å²) in [6.07, 6.45) is 7.67. The molecule has 0 aromatic carbocycles. The number of piperidine rings is 1. The predicted molar refractivity (Wildman–Crippen MR) is 110 cm³/mol. The van der Waals surface area contributed by atoms with E-state index >= 15 is 0 Å². The van der Waals surface area contributed by atoms with Gasteiger partial charge in [-0.05, 0) is 31.2 Å². The first-order valence-electron chi connectivity index (χ1n) is 9.81. The van der Waals surface area contributed by atoms with Crippen LogP contribution in [0.15, 0.2) is 34.1 Å². The van der Waals surface area contributed by atoms with E-state index in [9.17, 15) is 9.59 Å². The molecule has 4 heterocycles. The first-order valence-corrected chi connectivity index (χ1v) is 11.0. The van der Waals surface area contributed by atoms with Crippen LogP contribution in [0.4, 0.5) is 0 Å². The Hall–Kier alpha value is -1.60. The van der Waals surface area contributed by atoms with Crippen molar-refractivity contribution in [1.82, 2.24) is 14.4 Å². The average molecular weight is 402 g/mol. The van der Waals surface area contributed by atoms with Gasteiger partial charge >= 0.3 is 0 Å². The fraction of sp³-hybridized carbons (Fsp3) is 0.550. The summed E-state index contributed by atoms with van der Waals surface area (Å²) in [5.41, 5.74) is 1.24. The van der Waals surface area contributed by atoms with Gasteiger partial charge in [0.25, 0.3) is 11.5 Å². The summed E-state index contributed by atoms with van der Waals surface area (Å²) in [4.78, 5) is 30.0. The van der Waals surface area contributed by atoms with E-state index in [4.69, 9.17) is 12.2 Å². The van der Waals surface area contributed by atoms with Gasteiger partial charge in [-0.2, -0.15) is 0 Å². The number of fused-ring (bicyclic) bond motifs is 4. The topological polar surface area (TPSA) is 45.6 Å². The molecule has 3 aliphatic heterocycles. The molecule has 27 heavy (non-hydrogen) atoms. The van der Waals surface area contributed by atoms with E-state index in [2.05, 4.69) is 11.0 Å². The minimum absolute atomic E-state index is 0.0873. The molecule has 0 N–H and O–H groups in total. The number of amides is 1. The first-order chi connectivity index (χ1) is 13.1. The Balaban J connectivity index is 1.37. The van der Waals surface area contributed by atoms with Gasteiger partial charge in [0.1, 0.15) is 4.32 Å². The highest BCUT2D eigenvalue weighted by Gasteiger charge is 2.39. The van der Waals surface area contributed by atoms with Crippen LogP contribution in [0.25, 0.3) is 0 Å². The molecule has 2 atom stereocenters. The van der Waals surface area contributed by atoms with E-state index in [0.29, 0.717) is 22.2 Å². The number of pyridine rings is 1. The molecule has 5 rings (SSSR count). The highest BCUT2D eigenvalue weighted by molar-refractivity contribution is 8.26. The number of carbonyl (C=O) groups is 1. The first kappa shape index (κ1) is 17.5. The molecular weight excluding hydrogens is 378 g/mol. The van der Waals surface area contributed by atoms with Gasteiger partial charge in [0.2, 0.25) is 0 Å². The van der Waals surface area contributed by atoms with E-state index < -0.39 is 0 Å². The summed E-state index contributed by atoms with van der Waals surface area (Å²) < 4.78 is 2.66. The van der Waals surface area contributed by atoms with E-state index in [1.807, 2.05) is 21.7 Å². The van der Waals surface area contributed by atoms with Gasteiger partial charge in [-0.15, -0.1) is 0 Å². The second-order valence-electron chi connectivity index (χ2n) is 8.13. The Morgan fingerprint density at radius 3 is 2.74 bits per heavy atom. The average Bonchev–Trinajstić information content (AvgIpc) is 3.24. The second-order valence-corrected chi connectivity index (χ2v) is 9.80. The maximum Gasteiger partial charge on any atom is 0.267 e. The van der Waals surface area contributed by atoms with Crippen molar-refractivity contribution in [2.75, 3.05) is 13.1 Å². The van der Waals surface area contributed by atoms with E-state index in [0.717, 1.165) is 49.5 Å². The Morgan fingerprint density at radius 1 is 1.11 bits per heavy atom. The maximum atomic E-state index is 12.9. The summed E-state index contributed by atoms with van der Waals surface area (Å²) in [7, 11) is 0. The molecule has 2 saturated heterocycles. The maximum absolute atomic E-state index is 12.9. The molecule has 7 heteroatoms. The number of carbonyl (C=O) groups excluding carboxylic acids is 1. The van der Waals surface area contributed by atoms with Gasteiger partial charge < -0.3 is 9.47 Å². The van der Waals surface area contributed by atoms with Crippen LogP contribution in [0.1, 0.15) is 43.7 Å². The molecule has 4 aliphatic rings. The highest BCUT2D eigenvalue weighted by Crippen LogP contribution is 2.39. The van der Waals surface area contributed by atoms with Crippen LogP contribution in [0.2, 0.25) is 0 Å². The Kier molecular flexibility index (Phi) is 4.39. The van der Waals surface area contributed by atoms with Crippen LogP contribution in [0.5, 0.6) is 0 Å². The van der Waals surface area contributed by atoms with Gasteiger partial charge in [0.05, 0.1) is 4.91 Å². The zero-order chi connectivity index (χ0) is 18.5. The van der Waals surface area contributed by atoms with Crippen LogP contribution in [-0.2, 0) is 11.3 Å². The fourth-order valence-electron chi connectivity index (χ4n) is 5.15. The number of nitrogens with zero attached hydrogens (tertiary/aromatic N) is 3. The number of rotatable bonds is 2. The second kappa shape index (κ2) is 6.78. The lowest BCUT2D eigenvalue weighted by Gasteiger charge is -2.42. The van der Waals surface area contributed by atoms with Crippen molar-refractivity contribution in [1.29, 1.82) is 0 Å². The quantitative estimate of drug-likeness (QED) is 0.563. The van der Waals surface area contributed by atoms with Crippen molar-refractivity contribution in [2.45, 2.75) is 50.6 Å². The minimum Gasteiger partial charge on any atom is -0.375 e. The molecule has 3 fully saturated rings. The monoisotopic (exact) mass is 401 g/mol. The smallest absolute Gasteiger partial charge is 0.267 e. The predicted octanol–water partition coefficient (Wildman–Crippen LogP) is 2.91. The highest BCUT2D eigenvalue weighted by atomic mass is 32.2. The summed E-state index contributed by atoms with van der Waals surface area (Å²) in [6, 6.07) is 5.88. The van der Waals surface area contributed by atoms with Gasteiger partial charge in [0, 0.05) is 49.6 Å². The molecule has 0 radical (unpaired) electrons. The Morgan fingerprint density at radius 2 is 1.93 bits per heavy atom. The lowest BCUT2D eigenvalue weighted by Crippen LogP contribution is -2.45. The van der Waals surface area contributed by atoms with Gasteiger partial charge in [-0.25, -0.2) is 0 Å². The summed E-state index contributed by atoms with van der Waals surface area (Å²) in [5.74, 6) is 0.888. The molecule has 1 aromatic rings. The minimum atomic E-state index is 0.0873. The Bertz CT molecular complexity index is 887. The van der Waals surface area contributed by atoms with E-state index in [1.165, 1.54) is 24.6 Å². The van der Waals surface area contributed by atoms with Crippen LogP contribution in [-0.4, -0.2) is 43.7 Å². The fourth-order valence-corrected chi connectivity index (χ4v) is 6.56. The molecule has 1 aliphatic carbocycles. The largest absolute Gasteiger partial charge is 0.375 e. The standard InChI is InChI=1S/C20H23N3O2S2/c24-18-7-3-6-16-14-8-13(10-22(16)18)9-21(11-14)12-17-19(25)23(20(26)27-17)15-4-1-2-5-15/h3,6-7,12-15H,1-2,4-5,8-11H2/b17-12+. The zero-order valence-corrected chi connectivity index (χ0v) is 16.8. The molecular formula is C20H23N3O2S2. The normalized spacial score (nSPS) is 29.7. The number of thioether (sulfide) groups is 1. The Labute approximate surface area is 168 Å². The van der Waals surface area contributed by atoms with Gasteiger partial charge in [0.15, 0.2) is 0 Å². The zero-order valence-electron chi connectivity index (χ0n) is 15.2. The van der Waals surface area contributed by atoms with Crippen molar-refractivity contribution in [3.05, 3.63) is 45.4 Å². The summed E-state index contributed by atoms with van der Waals surface area (Å²) >= 11 is 6.97. The molecule has 0 spiro atoms. The third-order valence-corrected chi connectivity index (χ3v) is 7.64. The molecule has 142 valence electrons. The number of hydrogen-bond acceptors (Lipinski definition) is 5. The summed E-state index contributed by atoms with van der Waals surface area (Å²) in [6.45, 7) is 2.52. The van der Waals surface area contributed by atoms with Crippen LogP contribution < -0.4 is 5.56 Å². The lowest BCUT2D eigenvalue weighted by molar-refractivity contribution is -0.123.